The molecule has 1 unspecified atom stereocenters. The first kappa shape index (κ1) is 10.1. The Balaban J connectivity index is 2.51. The highest BCUT2D eigenvalue weighted by Crippen LogP contribution is 2.31. The molecule has 72 valence electrons. The molecular weight excluding hydrogens is 166 g/mol. The van der Waals surface area contributed by atoms with Gasteiger partial charge in [-0.2, -0.15) is 0 Å². The van der Waals surface area contributed by atoms with Gasteiger partial charge in [0.15, 0.2) is 0 Å². The number of aliphatic carboxylic acids is 1. The van der Waals surface area contributed by atoms with Gasteiger partial charge < -0.3 is 5.11 Å². The van der Waals surface area contributed by atoms with Crippen molar-refractivity contribution < 1.29 is 9.90 Å². The largest absolute Gasteiger partial charge is 0.480 e. The van der Waals surface area contributed by atoms with Crippen LogP contribution in [0, 0.1) is 17.8 Å². The quantitative estimate of drug-likeness (QED) is 0.655. The van der Waals surface area contributed by atoms with E-state index in [-0.39, 0.29) is 5.41 Å². The molecule has 13 heavy (non-hydrogen) atoms. The van der Waals surface area contributed by atoms with E-state index in [4.69, 9.17) is 11.5 Å². The SMILES string of the molecule is C#CCC(C(=O)O)N1CC(C)(C)C1. The number of rotatable bonds is 3. The van der Waals surface area contributed by atoms with E-state index in [2.05, 4.69) is 19.8 Å². The van der Waals surface area contributed by atoms with Crippen LogP contribution in [0.2, 0.25) is 0 Å². The molecule has 0 saturated carbocycles. The van der Waals surface area contributed by atoms with E-state index in [0.717, 1.165) is 13.1 Å². The van der Waals surface area contributed by atoms with Crippen molar-refractivity contribution in [2.45, 2.75) is 26.3 Å². The summed E-state index contributed by atoms with van der Waals surface area (Å²) in [7, 11) is 0. The lowest BCUT2D eigenvalue weighted by Gasteiger charge is -2.48. The Morgan fingerprint density at radius 1 is 1.69 bits per heavy atom. The van der Waals surface area contributed by atoms with Gasteiger partial charge in [0, 0.05) is 19.5 Å². The number of likely N-dealkylation sites (tertiary alicyclic amines) is 1. The Bertz CT molecular complexity index is 244. The van der Waals surface area contributed by atoms with Crippen molar-refractivity contribution in [2.24, 2.45) is 5.41 Å². The predicted molar refractivity (Wildman–Crippen MR) is 50.2 cm³/mol. The summed E-state index contributed by atoms with van der Waals surface area (Å²) in [5.74, 6) is 1.59. The van der Waals surface area contributed by atoms with E-state index < -0.39 is 12.0 Å². The smallest absolute Gasteiger partial charge is 0.321 e. The molecule has 1 fully saturated rings. The van der Waals surface area contributed by atoms with Crippen LogP contribution in [-0.4, -0.2) is 35.1 Å². The molecule has 0 spiro atoms. The van der Waals surface area contributed by atoms with Gasteiger partial charge in [-0.15, -0.1) is 12.3 Å². The molecule has 1 heterocycles. The van der Waals surface area contributed by atoms with Crippen molar-refractivity contribution in [3.8, 4) is 12.3 Å². The van der Waals surface area contributed by atoms with Crippen LogP contribution >= 0.6 is 0 Å². The number of carboxylic acids is 1. The highest BCUT2D eigenvalue weighted by atomic mass is 16.4. The summed E-state index contributed by atoms with van der Waals surface area (Å²) in [5.41, 5.74) is 0.252. The lowest BCUT2D eigenvalue weighted by molar-refractivity contribution is -0.148. The van der Waals surface area contributed by atoms with E-state index >= 15 is 0 Å². The third-order valence-electron chi connectivity index (χ3n) is 2.30. The minimum absolute atomic E-state index is 0.252. The van der Waals surface area contributed by atoms with Crippen LogP contribution in [0.15, 0.2) is 0 Å². The zero-order valence-corrected chi connectivity index (χ0v) is 8.08. The van der Waals surface area contributed by atoms with Gasteiger partial charge in [0.2, 0.25) is 0 Å². The molecule has 1 atom stereocenters. The average molecular weight is 181 g/mol. The number of hydrogen-bond donors (Lipinski definition) is 1. The number of carboxylic acid groups (broad SMARTS) is 1. The molecule has 1 saturated heterocycles. The Morgan fingerprint density at radius 2 is 2.23 bits per heavy atom. The monoisotopic (exact) mass is 181 g/mol. The second-order valence-corrected chi connectivity index (χ2v) is 4.33. The van der Waals surface area contributed by atoms with E-state index in [0.29, 0.717) is 6.42 Å². The van der Waals surface area contributed by atoms with E-state index in [1.807, 2.05) is 4.90 Å². The Morgan fingerprint density at radius 3 is 2.54 bits per heavy atom. The maximum atomic E-state index is 10.8. The molecule has 1 aliphatic heterocycles. The van der Waals surface area contributed by atoms with Gasteiger partial charge in [0.05, 0.1) is 0 Å². The van der Waals surface area contributed by atoms with Crippen molar-refractivity contribution in [2.75, 3.05) is 13.1 Å². The number of nitrogens with zero attached hydrogens (tertiary/aromatic N) is 1. The first-order valence-corrected chi connectivity index (χ1v) is 4.36. The number of hydrogen-bond acceptors (Lipinski definition) is 2. The molecule has 0 bridgehead atoms. The summed E-state index contributed by atoms with van der Waals surface area (Å²) in [5, 5.41) is 8.87. The Hall–Kier alpha value is -1.01. The van der Waals surface area contributed by atoms with Crippen molar-refractivity contribution in [1.82, 2.24) is 4.90 Å². The molecule has 0 aliphatic carbocycles. The lowest BCUT2D eigenvalue weighted by atomic mass is 9.83. The van der Waals surface area contributed by atoms with Gasteiger partial charge in [0.1, 0.15) is 6.04 Å². The van der Waals surface area contributed by atoms with Crippen LogP contribution in [0.4, 0.5) is 0 Å². The van der Waals surface area contributed by atoms with Crippen LogP contribution < -0.4 is 0 Å². The third kappa shape index (κ3) is 2.22. The Kier molecular flexibility index (Phi) is 2.63. The second kappa shape index (κ2) is 3.39. The summed E-state index contributed by atoms with van der Waals surface area (Å²) in [6.07, 6.45) is 5.41. The molecule has 1 N–H and O–H groups in total. The standard InChI is InChI=1S/C10H15NO2/c1-4-5-8(9(12)13)11-6-10(2,3)7-11/h1,8H,5-7H2,2-3H3,(H,12,13). The van der Waals surface area contributed by atoms with Crippen LogP contribution in [0.25, 0.3) is 0 Å². The topological polar surface area (TPSA) is 40.5 Å². The summed E-state index contributed by atoms with van der Waals surface area (Å²) in [6.45, 7) is 5.90. The molecule has 0 aromatic heterocycles. The maximum Gasteiger partial charge on any atom is 0.321 e. The average Bonchev–Trinajstić information content (AvgIpc) is 1.95. The van der Waals surface area contributed by atoms with Crippen molar-refractivity contribution in [1.29, 1.82) is 0 Å². The van der Waals surface area contributed by atoms with E-state index in [1.54, 1.807) is 0 Å². The van der Waals surface area contributed by atoms with E-state index in [1.165, 1.54) is 0 Å². The molecule has 0 radical (unpaired) electrons. The highest BCUT2D eigenvalue weighted by molar-refractivity contribution is 5.74. The molecule has 3 heteroatoms. The van der Waals surface area contributed by atoms with Crippen LogP contribution in [0.1, 0.15) is 20.3 Å². The van der Waals surface area contributed by atoms with Gasteiger partial charge in [-0.25, -0.2) is 0 Å². The third-order valence-corrected chi connectivity index (χ3v) is 2.30. The lowest BCUT2D eigenvalue weighted by Crippen LogP contribution is -2.59. The van der Waals surface area contributed by atoms with Crippen molar-refractivity contribution >= 4 is 5.97 Å². The van der Waals surface area contributed by atoms with Crippen molar-refractivity contribution in [3.63, 3.8) is 0 Å². The molecule has 1 rings (SSSR count). The summed E-state index contributed by atoms with van der Waals surface area (Å²) < 4.78 is 0. The molecule has 3 nitrogen and oxygen atoms in total. The van der Waals surface area contributed by atoms with Crippen LogP contribution in [0.5, 0.6) is 0 Å². The highest BCUT2D eigenvalue weighted by Gasteiger charge is 2.40. The zero-order valence-electron chi connectivity index (χ0n) is 8.08. The number of carbonyl (C=O) groups is 1. The van der Waals surface area contributed by atoms with Crippen LogP contribution in [-0.2, 0) is 4.79 Å². The summed E-state index contributed by atoms with van der Waals surface area (Å²) >= 11 is 0. The fourth-order valence-corrected chi connectivity index (χ4v) is 1.76. The first-order chi connectivity index (χ1) is 5.96. The van der Waals surface area contributed by atoms with Gasteiger partial charge >= 0.3 is 5.97 Å². The van der Waals surface area contributed by atoms with Gasteiger partial charge in [-0.05, 0) is 5.41 Å². The minimum atomic E-state index is -0.812. The zero-order chi connectivity index (χ0) is 10.1. The van der Waals surface area contributed by atoms with Gasteiger partial charge in [-0.3, -0.25) is 9.69 Å². The molecular formula is C10H15NO2. The van der Waals surface area contributed by atoms with Crippen molar-refractivity contribution in [3.05, 3.63) is 0 Å². The number of terminal acetylenes is 1. The summed E-state index contributed by atoms with van der Waals surface area (Å²) in [6, 6.07) is -0.488. The van der Waals surface area contributed by atoms with Gasteiger partial charge in [-0.1, -0.05) is 13.8 Å². The molecule has 0 aromatic rings. The first-order valence-electron chi connectivity index (χ1n) is 4.36. The normalized spacial score (nSPS) is 22.8. The van der Waals surface area contributed by atoms with Gasteiger partial charge in [0.25, 0.3) is 0 Å². The predicted octanol–water partition coefficient (Wildman–Crippen LogP) is 0.805. The summed E-state index contributed by atoms with van der Waals surface area (Å²) in [4.78, 5) is 12.7. The molecule has 1 aliphatic rings. The maximum absolute atomic E-state index is 10.8. The minimum Gasteiger partial charge on any atom is -0.480 e. The van der Waals surface area contributed by atoms with Crippen LogP contribution in [0.3, 0.4) is 0 Å². The molecule has 0 aromatic carbocycles. The fraction of sp³-hybridized carbons (Fsp3) is 0.700. The van der Waals surface area contributed by atoms with E-state index in [9.17, 15) is 4.79 Å². The fourth-order valence-electron chi connectivity index (χ4n) is 1.76. The second-order valence-electron chi connectivity index (χ2n) is 4.33. The molecule has 0 amide bonds. The Labute approximate surface area is 78.7 Å².